The first-order chi connectivity index (χ1) is 7.73. The summed E-state index contributed by atoms with van der Waals surface area (Å²) in [5.41, 5.74) is 0.530. The Bertz CT molecular complexity index is 502. The lowest BCUT2D eigenvalue weighted by Gasteiger charge is -2.17. The Labute approximate surface area is 110 Å². The van der Waals surface area contributed by atoms with Gasteiger partial charge >= 0.3 is 0 Å². The zero-order valence-electron chi connectivity index (χ0n) is 9.73. The van der Waals surface area contributed by atoms with Crippen LogP contribution < -0.4 is 0 Å². The molecule has 0 saturated heterocycles. The lowest BCUT2D eigenvalue weighted by atomic mass is 10.2. The minimum atomic E-state index is -3.30. The van der Waals surface area contributed by atoms with Crippen LogP contribution in [0.25, 0.3) is 0 Å². The Hall–Kier alpha value is -0.270. The maximum absolute atomic E-state index is 11.5. The Kier molecular flexibility index (Phi) is 4.86. The summed E-state index contributed by atoms with van der Waals surface area (Å²) < 4.78 is 35.3. The molecule has 1 radical (unpaired) electrons. The molecule has 0 aliphatic heterocycles. The Morgan fingerprint density at radius 3 is 2.65 bits per heavy atom. The van der Waals surface area contributed by atoms with Gasteiger partial charge in [-0.15, -0.1) is 0 Å². The maximum Gasteiger partial charge on any atom is 0.211 e. The first-order valence-electron chi connectivity index (χ1n) is 4.67. The van der Waals surface area contributed by atoms with Gasteiger partial charge in [0.15, 0.2) is 4.90 Å². The molecule has 4 nitrogen and oxygen atoms in total. The highest BCUT2D eigenvalue weighted by Gasteiger charge is 2.20. The number of benzene rings is 1. The second-order valence-electron chi connectivity index (χ2n) is 3.61. The number of hydrogen-bond acceptors (Lipinski definition) is 3. The molecule has 0 aromatic heterocycles. The van der Waals surface area contributed by atoms with Gasteiger partial charge in [-0.25, -0.2) is 12.7 Å². The van der Waals surface area contributed by atoms with Crippen molar-refractivity contribution in [1.29, 1.82) is 0 Å². The van der Waals surface area contributed by atoms with E-state index in [2.05, 4.69) is 6.07 Å². The predicted molar refractivity (Wildman–Crippen MR) is 68.9 cm³/mol. The monoisotopic (exact) mass is 294 g/mol. The summed E-state index contributed by atoms with van der Waals surface area (Å²) in [5.74, 6) is 0. The molecule has 0 aliphatic rings. The van der Waals surface area contributed by atoms with Gasteiger partial charge in [0.1, 0.15) is 6.26 Å². The van der Waals surface area contributed by atoms with E-state index in [1.807, 2.05) is 0 Å². The van der Waals surface area contributed by atoms with Crippen molar-refractivity contribution in [2.75, 3.05) is 19.6 Å². The highest BCUT2D eigenvalue weighted by atomic mass is 35.5. The molecule has 0 fully saturated rings. The zero-order valence-corrected chi connectivity index (χ0v) is 12.1. The van der Waals surface area contributed by atoms with Gasteiger partial charge in [-0.3, -0.25) is 0 Å². The van der Waals surface area contributed by atoms with Crippen molar-refractivity contribution in [2.45, 2.75) is 11.4 Å². The number of halogens is 1. The lowest BCUT2D eigenvalue weighted by molar-refractivity contribution is 0.468. The highest BCUT2D eigenvalue weighted by Crippen LogP contribution is 2.25. The van der Waals surface area contributed by atoms with Gasteiger partial charge in [0.2, 0.25) is 10.0 Å². The summed E-state index contributed by atoms with van der Waals surface area (Å²) >= 11 is 4.74. The van der Waals surface area contributed by atoms with E-state index in [9.17, 15) is 13.0 Å². The molecule has 0 spiro atoms. The average Bonchev–Trinajstić information content (AvgIpc) is 2.18. The van der Waals surface area contributed by atoms with Crippen molar-refractivity contribution in [3.8, 4) is 0 Å². The van der Waals surface area contributed by atoms with E-state index < -0.39 is 21.2 Å². The summed E-state index contributed by atoms with van der Waals surface area (Å²) in [6, 6.07) is 6.00. The first kappa shape index (κ1) is 14.8. The minimum Gasteiger partial charge on any atom is -0.612 e. The van der Waals surface area contributed by atoms with Gasteiger partial charge in [0.25, 0.3) is 0 Å². The van der Waals surface area contributed by atoms with Crippen molar-refractivity contribution < 1.29 is 13.0 Å². The van der Waals surface area contributed by atoms with E-state index >= 15 is 0 Å². The Balaban J connectivity index is 3.14. The molecule has 7 heteroatoms. The van der Waals surface area contributed by atoms with E-state index in [-0.39, 0.29) is 6.54 Å². The van der Waals surface area contributed by atoms with E-state index in [0.29, 0.717) is 15.5 Å². The van der Waals surface area contributed by atoms with Crippen LogP contribution in [0.15, 0.2) is 17.0 Å². The van der Waals surface area contributed by atoms with Gasteiger partial charge in [0, 0.05) is 25.2 Å². The molecule has 1 unspecified atom stereocenters. The quantitative estimate of drug-likeness (QED) is 0.786. The molecule has 1 aromatic carbocycles. The predicted octanol–water partition coefficient (Wildman–Crippen LogP) is 1.27. The summed E-state index contributed by atoms with van der Waals surface area (Å²) in [5, 5.41) is 0.393. The summed E-state index contributed by atoms with van der Waals surface area (Å²) in [4.78, 5) is 0.438. The smallest absolute Gasteiger partial charge is 0.211 e. The third-order valence-electron chi connectivity index (χ3n) is 2.24. The summed E-state index contributed by atoms with van der Waals surface area (Å²) in [7, 11) is -1.85. The lowest BCUT2D eigenvalue weighted by Crippen LogP contribution is -2.26. The van der Waals surface area contributed by atoms with E-state index in [1.165, 1.54) is 13.3 Å². The molecule has 0 amide bonds. The van der Waals surface area contributed by atoms with Crippen molar-refractivity contribution in [3.63, 3.8) is 0 Å². The van der Waals surface area contributed by atoms with Crippen molar-refractivity contribution in [1.82, 2.24) is 4.31 Å². The van der Waals surface area contributed by atoms with Crippen molar-refractivity contribution in [2.24, 2.45) is 0 Å². The SMILES string of the molecule is CN(Cc1c([S+](C)[O-])[c]ccc1Cl)S(C)(=O)=O. The van der Waals surface area contributed by atoms with Crippen LogP contribution in [-0.4, -0.2) is 36.8 Å². The van der Waals surface area contributed by atoms with Crippen LogP contribution in [0.3, 0.4) is 0 Å². The third-order valence-corrected chi connectivity index (χ3v) is 4.80. The Morgan fingerprint density at radius 1 is 1.59 bits per heavy atom. The number of sulfonamides is 1. The number of rotatable bonds is 4. The Morgan fingerprint density at radius 2 is 2.18 bits per heavy atom. The van der Waals surface area contributed by atoms with E-state index in [4.69, 9.17) is 11.6 Å². The molecule has 1 aromatic rings. The summed E-state index contributed by atoms with van der Waals surface area (Å²) in [6.07, 6.45) is 2.61. The second kappa shape index (κ2) is 5.58. The molecule has 17 heavy (non-hydrogen) atoms. The fourth-order valence-corrected chi connectivity index (χ4v) is 2.62. The van der Waals surface area contributed by atoms with Crippen LogP contribution in [0.2, 0.25) is 5.02 Å². The molecule has 0 bridgehead atoms. The molecule has 0 N–H and O–H groups in total. The minimum absolute atomic E-state index is 0.0872. The molecule has 0 heterocycles. The van der Waals surface area contributed by atoms with Crippen molar-refractivity contribution in [3.05, 3.63) is 28.8 Å². The largest absolute Gasteiger partial charge is 0.612 e. The molecule has 0 aliphatic carbocycles. The maximum atomic E-state index is 11.5. The fourth-order valence-electron chi connectivity index (χ4n) is 1.23. The topological polar surface area (TPSA) is 60.4 Å². The third kappa shape index (κ3) is 3.86. The van der Waals surface area contributed by atoms with Gasteiger partial charge in [-0.1, -0.05) is 11.6 Å². The zero-order chi connectivity index (χ0) is 13.2. The molecule has 95 valence electrons. The van der Waals surface area contributed by atoms with Crippen LogP contribution in [0.4, 0.5) is 0 Å². The van der Waals surface area contributed by atoms with E-state index in [1.54, 1.807) is 12.1 Å². The van der Waals surface area contributed by atoms with Crippen LogP contribution in [0, 0.1) is 6.07 Å². The van der Waals surface area contributed by atoms with Crippen LogP contribution >= 0.6 is 11.6 Å². The van der Waals surface area contributed by atoms with Gasteiger partial charge in [-0.05, 0) is 23.3 Å². The first-order valence-corrected chi connectivity index (χ1v) is 8.45. The van der Waals surface area contributed by atoms with Crippen LogP contribution in [0.1, 0.15) is 5.56 Å². The molecule has 0 saturated carbocycles. The molecular formula is C10H13ClNO3S2. The van der Waals surface area contributed by atoms with Crippen LogP contribution in [-0.2, 0) is 27.7 Å². The fraction of sp³-hybridized carbons (Fsp3) is 0.400. The average molecular weight is 295 g/mol. The van der Waals surface area contributed by atoms with Gasteiger partial charge in [0.05, 0.1) is 11.3 Å². The second-order valence-corrected chi connectivity index (χ2v) is 7.42. The van der Waals surface area contributed by atoms with E-state index in [0.717, 1.165) is 10.6 Å². The molecule has 1 rings (SSSR count). The molecule has 1 atom stereocenters. The molecular weight excluding hydrogens is 282 g/mol. The van der Waals surface area contributed by atoms with Crippen molar-refractivity contribution >= 4 is 32.8 Å². The van der Waals surface area contributed by atoms with Gasteiger partial charge in [-0.2, -0.15) is 0 Å². The summed E-state index contributed by atoms with van der Waals surface area (Å²) in [6.45, 7) is 0.0872. The van der Waals surface area contributed by atoms with Crippen LogP contribution in [0.5, 0.6) is 0 Å². The van der Waals surface area contributed by atoms with Gasteiger partial charge < -0.3 is 4.55 Å². The normalized spacial score (nSPS) is 14.0. The highest BCUT2D eigenvalue weighted by molar-refractivity contribution is 7.90. The standard InChI is InChI=1S/C10H13ClNO3S2/c1-12(17(3,14)15)7-8-9(11)5-4-6-10(8)16(2)13/h4-5H,7H2,1-3H3. The number of hydrogen-bond donors (Lipinski definition) is 0. The number of nitrogens with zero attached hydrogens (tertiary/aromatic N) is 1.